The molecule has 11 atom stereocenters. The normalized spacial score (nSPS) is 29.7. The van der Waals surface area contributed by atoms with Crippen LogP contribution in [0.4, 0.5) is 0 Å². The van der Waals surface area contributed by atoms with Crippen LogP contribution in [0.2, 0.25) is 0 Å². The minimum Gasteiger partial charge on any atom is -0.462 e. The summed E-state index contributed by atoms with van der Waals surface area (Å²) in [5.41, 5.74) is 0. The molecule has 0 aromatic heterocycles. The first-order valence-corrected chi connectivity index (χ1v) is 19.0. The van der Waals surface area contributed by atoms with Crippen molar-refractivity contribution in [1.82, 2.24) is 0 Å². The van der Waals surface area contributed by atoms with Gasteiger partial charge in [-0.2, -0.15) is 0 Å². The molecule has 0 aliphatic carbocycles. The molecule has 0 bridgehead atoms. The highest BCUT2D eigenvalue weighted by atomic mass is 16.7. The van der Waals surface area contributed by atoms with Gasteiger partial charge in [-0.1, -0.05) is 75.8 Å². The second-order valence-electron chi connectivity index (χ2n) is 13.5. The zero-order valence-corrected chi connectivity index (χ0v) is 31.1. The van der Waals surface area contributed by atoms with Crippen LogP contribution in [0.3, 0.4) is 0 Å². The maximum atomic E-state index is 12.8. The lowest BCUT2D eigenvalue weighted by Gasteiger charge is -2.42. The Morgan fingerprint density at radius 1 is 0.660 bits per heavy atom. The molecule has 0 radical (unpaired) electrons. The van der Waals surface area contributed by atoms with Gasteiger partial charge in [0.1, 0.15) is 55.4 Å². The number of hydrogen-bond acceptors (Lipinski definition) is 15. The van der Waals surface area contributed by atoms with E-state index in [9.17, 15) is 45.3 Å². The van der Waals surface area contributed by atoms with E-state index in [0.717, 1.165) is 64.2 Å². The molecule has 15 heteroatoms. The summed E-state index contributed by atoms with van der Waals surface area (Å²) < 4.78 is 33.0. The van der Waals surface area contributed by atoms with Gasteiger partial charge in [0.15, 0.2) is 18.7 Å². The molecule has 0 unspecified atom stereocenters. The van der Waals surface area contributed by atoms with Crippen molar-refractivity contribution < 1.29 is 73.8 Å². The van der Waals surface area contributed by atoms with Crippen LogP contribution in [-0.4, -0.2) is 142 Å². The van der Waals surface area contributed by atoms with E-state index >= 15 is 0 Å². The quantitative estimate of drug-likeness (QED) is 0.0360. The van der Waals surface area contributed by atoms with E-state index in [2.05, 4.69) is 37.8 Å². The largest absolute Gasteiger partial charge is 0.462 e. The Morgan fingerprint density at radius 3 is 1.91 bits per heavy atom. The number of unbranched alkanes of at least 4 members (excludes halogenated alkanes) is 8. The molecule has 53 heavy (non-hydrogen) atoms. The molecule has 2 heterocycles. The highest BCUT2D eigenvalue weighted by molar-refractivity contribution is 5.70. The molecule has 0 aromatic carbocycles. The Balaban J connectivity index is 1.88. The second kappa shape index (κ2) is 27.3. The molecular formula is C38H64O15. The van der Waals surface area contributed by atoms with Crippen LogP contribution in [0.5, 0.6) is 0 Å². The van der Waals surface area contributed by atoms with Gasteiger partial charge in [-0.25, -0.2) is 0 Å². The predicted octanol–water partition coefficient (Wildman–Crippen LogP) is 1.86. The Kier molecular flexibility index (Phi) is 24.2. The molecule has 0 amide bonds. The van der Waals surface area contributed by atoms with Crippen molar-refractivity contribution in [2.24, 2.45) is 0 Å². The van der Waals surface area contributed by atoms with Crippen molar-refractivity contribution in [3.8, 4) is 0 Å². The first kappa shape index (κ1) is 46.9. The van der Waals surface area contributed by atoms with Crippen molar-refractivity contribution in [2.75, 3.05) is 26.4 Å². The van der Waals surface area contributed by atoms with Gasteiger partial charge in [-0.05, 0) is 38.5 Å². The van der Waals surface area contributed by atoms with Crippen molar-refractivity contribution >= 4 is 11.9 Å². The van der Waals surface area contributed by atoms with Crippen LogP contribution in [-0.2, 0) is 38.0 Å². The van der Waals surface area contributed by atoms with E-state index in [1.54, 1.807) is 0 Å². The SMILES string of the molecule is C=CC/C=C\C/C=C/CCCCCCCC(=O)O[C@H](COC(=O)CCCCCC)CO[C@@H]1O[C@H](CO[C@H]2O[C@H](CO)[C@H](O)[C@H](O)[C@H]2O)[C@H](O)[C@H](O)[C@H]1O. The number of hydrogen-bond donors (Lipinski definition) is 7. The van der Waals surface area contributed by atoms with Crippen molar-refractivity contribution in [2.45, 2.75) is 164 Å². The van der Waals surface area contributed by atoms with Gasteiger partial charge in [-0.3, -0.25) is 9.59 Å². The van der Waals surface area contributed by atoms with Crippen LogP contribution in [0, 0.1) is 0 Å². The summed E-state index contributed by atoms with van der Waals surface area (Å²) in [6.45, 7) is 3.83. The van der Waals surface area contributed by atoms with Gasteiger partial charge in [-0.15, -0.1) is 6.58 Å². The molecule has 0 spiro atoms. The van der Waals surface area contributed by atoms with Gasteiger partial charge in [0.25, 0.3) is 0 Å². The summed E-state index contributed by atoms with van der Waals surface area (Å²) in [6, 6.07) is 0. The number of aliphatic hydroxyl groups is 7. The monoisotopic (exact) mass is 760 g/mol. The summed E-state index contributed by atoms with van der Waals surface area (Å²) in [7, 11) is 0. The molecule has 2 aliphatic rings. The number of esters is 2. The molecule has 2 saturated heterocycles. The fourth-order valence-electron chi connectivity index (χ4n) is 5.75. The molecule has 0 aromatic rings. The fraction of sp³-hybridized carbons (Fsp3) is 0.789. The van der Waals surface area contributed by atoms with E-state index in [1.807, 2.05) is 6.08 Å². The molecule has 2 rings (SSSR count). The van der Waals surface area contributed by atoms with Crippen LogP contribution in [0.15, 0.2) is 37.0 Å². The maximum absolute atomic E-state index is 12.8. The van der Waals surface area contributed by atoms with Crippen molar-refractivity contribution in [1.29, 1.82) is 0 Å². The lowest BCUT2D eigenvalue weighted by Crippen LogP contribution is -2.61. The number of ether oxygens (including phenoxy) is 6. The van der Waals surface area contributed by atoms with E-state index in [4.69, 9.17) is 28.4 Å². The van der Waals surface area contributed by atoms with E-state index in [-0.39, 0.29) is 19.4 Å². The van der Waals surface area contributed by atoms with Crippen LogP contribution >= 0.6 is 0 Å². The Hall–Kier alpha value is -2.28. The highest BCUT2D eigenvalue weighted by Gasteiger charge is 2.47. The lowest BCUT2D eigenvalue weighted by atomic mass is 9.98. The molecule has 15 nitrogen and oxygen atoms in total. The smallest absolute Gasteiger partial charge is 0.306 e. The molecule has 2 aliphatic heterocycles. The van der Waals surface area contributed by atoms with Crippen LogP contribution in [0.1, 0.15) is 96.8 Å². The zero-order chi connectivity index (χ0) is 39.0. The topological polar surface area (TPSA) is 231 Å². The van der Waals surface area contributed by atoms with Gasteiger partial charge in [0.05, 0.1) is 19.8 Å². The molecule has 306 valence electrons. The van der Waals surface area contributed by atoms with Gasteiger partial charge in [0, 0.05) is 12.8 Å². The minimum absolute atomic E-state index is 0.142. The standard InChI is InChI=1S/C38H64O15/c1-3-5-7-9-10-11-12-13-14-15-16-17-19-21-30(41)51-26(23-48-29(40)20-18-8-6-4-2)24-49-37-36(47)34(45)32(43)28(53-37)25-50-38-35(46)33(44)31(42)27(22-39)52-38/h3,7,9,11-12,26-28,31-39,42-47H,1,4-6,8,10,13-25H2,2H3/b9-7-,12-11+/t26-,27-,28-,31+,32+,33+,34+,35-,36-,37-,38+/m1/s1. The zero-order valence-electron chi connectivity index (χ0n) is 31.1. The number of carbonyl (C=O) groups excluding carboxylic acids is 2. The summed E-state index contributed by atoms with van der Waals surface area (Å²) in [4.78, 5) is 25.1. The van der Waals surface area contributed by atoms with Gasteiger partial charge >= 0.3 is 11.9 Å². The van der Waals surface area contributed by atoms with E-state index < -0.39 is 99.3 Å². The number of carbonyl (C=O) groups is 2. The Bertz CT molecular complexity index is 1070. The lowest BCUT2D eigenvalue weighted by molar-refractivity contribution is -0.332. The Morgan fingerprint density at radius 2 is 1.23 bits per heavy atom. The van der Waals surface area contributed by atoms with Crippen LogP contribution < -0.4 is 0 Å². The third-order valence-corrected chi connectivity index (χ3v) is 9.01. The fourth-order valence-corrected chi connectivity index (χ4v) is 5.75. The first-order valence-electron chi connectivity index (χ1n) is 19.0. The third-order valence-electron chi connectivity index (χ3n) is 9.01. The summed E-state index contributed by atoms with van der Waals surface area (Å²) in [5.74, 6) is -0.976. The predicted molar refractivity (Wildman–Crippen MR) is 192 cm³/mol. The van der Waals surface area contributed by atoms with Crippen LogP contribution in [0.25, 0.3) is 0 Å². The summed E-state index contributed by atoms with van der Waals surface area (Å²) in [5, 5.41) is 71.3. The Labute approximate surface area is 313 Å². The van der Waals surface area contributed by atoms with Crippen molar-refractivity contribution in [3.05, 3.63) is 37.0 Å². The highest BCUT2D eigenvalue weighted by Crippen LogP contribution is 2.26. The molecular weight excluding hydrogens is 696 g/mol. The van der Waals surface area contributed by atoms with E-state index in [0.29, 0.717) is 12.8 Å². The number of allylic oxidation sites excluding steroid dienone is 5. The number of rotatable bonds is 27. The minimum atomic E-state index is -1.76. The number of aliphatic hydroxyl groups excluding tert-OH is 7. The van der Waals surface area contributed by atoms with E-state index in [1.165, 1.54) is 0 Å². The van der Waals surface area contributed by atoms with Gasteiger partial charge in [0.2, 0.25) is 0 Å². The molecule has 7 N–H and O–H groups in total. The summed E-state index contributed by atoms with van der Waals surface area (Å²) >= 11 is 0. The van der Waals surface area contributed by atoms with Gasteiger partial charge < -0.3 is 64.2 Å². The third kappa shape index (κ3) is 17.8. The molecule has 0 saturated carbocycles. The summed E-state index contributed by atoms with van der Waals surface area (Å²) in [6.07, 6.45) is 4.63. The average Bonchev–Trinajstić information content (AvgIpc) is 3.15. The second-order valence-corrected chi connectivity index (χ2v) is 13.5. The maximum Gasteiger partial charge on any atom is 0.306 e. The average molecular weight is 761 g/mol. The first-order chi connectivity index (χ1) is 25.5. The van der Waals surface area contributed by atoms with Crippen molar-refractivity contribution in [3.63, 3.8) is 0 Å². The molecule has 2 fully saturated rings.